The Bertz CT molecular complexity index is 197. The van der Waals surface area contributed by atoms with Crippen LogP contribution in [0.2, 0.25) is 0 Å². The molecule has 0 heterocycles. The molecule has 0 saturated heterocycles. The summed E-state index contributed by atoms with van der Waals surface area (Å²) in [6, 6.07) is 0. The van der Waals surface area contributed by atoms with Crippen molar-refractivity contribution in [2.45, 2.75) is 13.8 Å². The fraction of sp³-hybridized carbons (Fsp3) is 0.800. The van der Waals surface area contributed by atoms with Gasteiger partial charge in [0.1, 0.15) is 0 Å². The van der Waals surface area contributed by atoms with Gasteiger partial charge in [0.15, 0.2) is 0 Å². The molecule has 80 valence electrons. The molecule has 0 spiro atoms. The molecular formula is C5H10Cl5N2P. The SMILES string of the molecule is CCN(CC)C(Cl)=NP(Cl)(Cl)(Cl)Cl. The molecular weight excluding hydrogens is 296 g/mol. The quantitative estimate of drug-likeness (QED) is 0.310. The first-order chi connectivity index (χ1) is 5.65. The second kappa shape index (κ2) is 4.92. The van der Waals surface area contributed by atoms with E-state index in [0.717, 1.165) is 0 Å². The summed E-state index contributed by atoms with van der Waals surface area (Å²) >= 11 is 28.1. The van der Waals surface area contributed by atoms with Crippen molar-refractivity contribution in [3.05, 3.63) is 0 Å². The van der Waals surface area contributed by atoms with E-state index >= 15 is 0 Å². The molecule has 2 nitrogen and oxygen atoms in total. The van der Waals surface area contributed by atoms with Crippen LogP contribution in [0.3, 0.4) is 0 Å². The Morgan fingerprint density at radius 3 is 1.77 bits per heavy atom. The van der Waals surface area contributed by atoms with Crippen LogP contribution in [-0.4, -0.2) is 23.3 Å². The summed E-state index contributed by atoms with van der Waals surface area (Å²) in [5.74, 6) is 0. The first-order valence-electron chi connectivity index (χ1n) is 3.56. The third-order valence-electron chi connectivity index (χ3n) is 1.26. The number of amidine groups is 1. The van der Waals surface area contributed by atoms with Gasteiger partial charge in [0.25, 0.3) is 0 Å². The van der Waals surface area contributed by atoms with Crippen molar-refractivity contribution in [1.29, 1.82) is 0 Å². The van der Waals surface area contributed by atoms with E-state index in [9.17, 15) is 0 Å². The van der Waals surface area contributed by atoms with Crippen LogP contribution in [0, 0.1) is 0 Å². The van der Waals surface area contributed by atoms with E-state index in [-0.39, 0.29) is 5.29 Å². The van der Waals surface area contributed by atoms with Gasteiger partial charge >= 0.3 is 103 Å². The number of hydrogen-bond acceptors (Lipinski definition) is 1. The minimum absolute atomic E-state index is 0.137. The summed E-state index contributed by atoms with van der Waals surface area (Å²) in [5.41, 5.74) is 0. The van der Waals surface area contributed by atoms with Crippen molar-refractivity contribution < 1.29 is 0 Å². The zero-order valence-corrected chi connectivity index (χ0v) is 11.8. The zero-order valence-electron chi connectivity index (χ0n) is 7.15. The molecule has 0 amide bonds. The van der Waals surface area contributed by atoms with Gasteiger partial charge in [0.05, 0.1) is 0 Å². The average Bonchev–Trinajstić information content (AvgIpc) is 1.83. The van der Waals surface area contributed by atoms with E-state index < -0.39 is 4.16 Å². The Hall–Kier alpha value is 1.35. The van der Waals surface area contributed by atoms with Gasteiger partial charge < -0.3 is 0 Å². The maximum absolute atomic E-state index is 5.79. The second-order valence-corrected chi connectivity index (χ2v) is 15.2. The summed E-state index contributed by atoms with van der Waals surface area (Å²) < 4.78 is -0.286. The molecule has 0 aromatic rings. The number of rotatable bonds is 3. The first-order valence-corrected chi connectivity index (χ1v) is 9.75. The Balaban J connectivity index is 4.67. The molecule has 0 aliphatic carbocycles. The number of halogens is 5. The molecule has 0 rings (SSSR count). The van der Waals surface area contributed by atoms with E-state index in [1.807, 2.05) is 13.8 Å². The monoisotopic (exact) mass is 304 g/mol. The van der Waals surface area contributed by atoms with Crippen LogP contribution in [0.5, 0.6) is 0 Å². The normalized spacial score (nSPS) is 16.5. The van der Waals surface area contributed by atoms with E-state index in [2.05, 4.69) is 4.76 Å². The molecule has 0 aromatic carbocycles. The van der Waals surface area contributed by atoms with Crippen molar-refractivity contribution in [3.8, 4) is 0 Å². The van der Waals surface area contributed by atoms with Crippen LogP contribution in [0.25, 0.3) is 0 Å². The molecule has 0 radical (unpaired) electrons. The zero-order chi connectivity index (χ0) is 10.7. The predicted molar refractivity (Wildman–Crippen MR) is 66.5 cm³/mol. The molecule has 8 heteroatoms. The molecule has 0 bridgehead atoms. The standard InChI is InChI=1S/C5H10Cl5N2P/c1-3-12(4-2)5(6)11-13(7,8,9)10/h3-4H2,1-2H3. The fourth-order valence-corrected chi connectivity index (χ4v) is 3.06. The predicted octanol–water partition coefficient (Wildman–Crippen LogP) is 5.01. The summed E-state index contributed by atoms with van der Waals surface area (Å²) in [7, 11) is 0. The Labute approximate surface area is 102 Å². The van der Waals surface area contributed by atoms with Crippen LogP contribution < -0.4 is 0 Å². The summed E-state index contributed by atoms with van der Waals surface area (Å²) in [6.07, 6.45) is 0. The van der Waals surface area contributed by atoms with Crippen molar-refractivity contribution in [1.82, 2.24) is 4.90 Å². The van der Waals surface area contributed by atoms with Crippen LogP contribution in [-0.2, 0) is 0 Å². The van der Waals surface area contributed by atoms with Gasteiger partial charge in [-0.2, -0.15) is 0 Å². The van der Waals surface area contributed by atoms with Gasteiger partial charge in [-0.05, 0) is 0 Å². The van der Waals surface area contributed by atoms with E-state index in [0.29, 0.717) is 13.1 Å². The second-order valence-electron chi connectivity index (χ2n) is 2.23. The van der Waals surface area contributed by atoms with Crippen molar-refractivity contribution in [2.24, 2.45) is 4.76 Å². The van der Waals surface area contributed by atoms with Crippen molar-refractivity contribution in [3.63, 3.8) is 0 Å². The van der Waals surface area contributed by atoms with E-state index in [1.165, 1.54) is 0 Å². The van der Waals surface area contributed by atoms with Gasteiger partial charge in [-0.3, -0.25) is 0 Å². The van der Waals surface area contributed by atoms with Gasteiger partial charge in [-0.15, -0.1) is 0 Å². The molecule has 0 fully saturated rings. The first kappa shape index (κ1) is 14.3. The molecule has 0 unspecified atom stereocenters. The topological polar surface area (TPSA) is 15.6 Å². The summed E-state index contributed by atoms with van der Waals surface area (Å²) in [5, 5.41) is 0.137. The molecule has 0 saturated carbocycles. The van der Waals surface area contributed by atoms with Crippen LogP contribution in [0.1, 0.15) is 13.8 Å². The summed E-state index contributed by atoms with van der Waals surface area (Å²) in [6.45, 7) is 5.21. The van der Waals surface area contributed by atoms with Gasteiger partial charge in [0, 0.05) is 0 Å². The van der Waals surface area contributed by atoms with Crippen LogP contribution in [0.15, 0.2) is 4.76 Å². The summed E-state index contributed by atoms with van der Waals surface area (Å²) in [4.78, 5) is 1.73. The molecule has 0 aliphatic rings. The third kappa shape index (κ3) is 7.30. The van der Waals surface area contributed by atoms with E-state index in [1.54, 1.807) is 4.90 Å². The van der Waals surface area contributed by atoms with Crippen molar-refractivity contribution in [2.75, 3.05) is 13.1 Å². The molecule has 0 aliphatic heterocycles. The number of hydrogen-bond donors (Lipinski definition) is 0. The Morgan fingerprint density at radius 2 is 1.54 bits per heavy atom. The Kier molecular flexibility index (Phi) is 5.43. The maximum atomic E-state index is 5.79. The van der Waals surface area contributed by atoms with Gasteiger partial charge in [0.2, 0.25) is 0 Å². The van der Waals surface area contributed by atoms with Gasteiger partial charge in [-0.25, -0.2) is 0 Å². The van der Waals surface area contributed by atoms with Crippen LogP contribution in [0.4, 0.5) is 0 Å². The van der Waals surface area contributed by atoms with E-state index in [4.69, 9.17) is 56.6 Å². The van der Waals surface area contributed by atoms with Crippen LogP contribution >= 0.6 is 60.7 Å². The van der Waals surface area contributed by atoms with Gasteiger partial charge in [-0.1, -0.05) is 0 Å². The number of nitrogens with zero attached hydrogens (tertiary/aromatic N) is 2. The third-order valence-corrected chi connectivity index (χ3v) is 3.10. The molecule has 0 atom stereocenters. The molecule has 13 heavy (non-hydrogen) atoms. The molecule has 0 N–H and O–H groups in total. The van der Waals surface area contributed by atoms with Crippen molar-refractivity contribution >= 4 is 66.0 Å². The Morgan fingerprint density at radius 1 is 1.15 bits per heavy atom. The molecule has 0 aromatic heterocycles. The average molecular weight is 306 g/mol. The minimum atomic E-state index is -3.97. The fourth-order valence-electron chi connectivity index (χ4n) is 0.673.